The Morgan fingerprint density at radius 1 is 1.37 bits per heavy atom. The van der Waals surface area contributed by atoms with Crippen LogP contribution < -0.4 is 4.90 Å². The minimum atomic E-state index is -0.938. The summed E-state index contributed by atoms with van der Waals surface area (Å²) < 4.78 is 4.63. The lowest BCUT2D eigenvalue weighted by molar-refractivity contribution is -0.384. The summed E-state index contributed by atoms with van der Waals surface area (Å²) in [6.07, 6.45) is 1.58. The van der Waals surface area contributed by atoms with Gasteiger partial charge in [-0.3, -0.25) is 10.1 Å². The van der Waals surface area contributed by atoms with Crippen LogP contribution in [0.3, 0.4) is 0 Å². The summed E-state index contributed by atoms with van der Waals surface area (Å²) in [6.45, 7) is 7.21. The Balaban J connectivity index is 2.40. The van der Waals surface area contributed by atoms with E-state index in [1.54, 1.807) is 19.1 Å². The number of carbonyl (C=O) groups excluding carboxylic acids is 1. The van der Waals surface area contributed by atoms with Crippen LogP contribution in [-0.2, 0) is 9.53 Å². The number of rotatable bonds is 7. The number of ether oxygens (including phenoxy) is 1. The first kappa shape index (κ1) is 23.2. The molecule has 1 amide bonds. The molecule has 1 aliphatic rings. The summed E-state index contributed by atoms with van der Waals surface area (Å²) in [4.78, 5) is 37.6. The summed E-state index contributed by atoms with van der Waals surface area (Å²) in [5, 5.41) is 21.1. The number of carboxylic acid groups (broad SMARTS) is 1. The number of nitrogens with zero attached hydrogens (tertiary/aromatic N) is 3. The maximum atomic E-state index is 11.9. The van der Waals surface area contributed by atoms with Crippen molar-refractivity contribution in [2.45, 2.75) is 39.7 Å². The van der Waals surface area contributed by atoms with Crippen LogP contribution in [0.5, 0.6) is 0 Å². The number of amides is 1. The maximum absolute atomic E-state index is 11.9. The topological polar surface area (TPSA) is 113 Å². The van der Waals surface area contributed by atoms with Crippen molar-refractivity contribution in [2.24, 2.45) is 5.92 Å². The molecule has 1 heterocycles. The van der Waals surface area contributed by atoms with Gasteiger partial charge in [-0.05, 0) is 42.9 Å². The number of methoxy groups -OCH3 is 1. The Bertz CT molecular complexity index is 828. The molecule has 0 saturated carbocycles. The summed E-state index contributed by atoms with van der Waals surface area (Å²) >= 11 is 0. The lowest BCUT2D eigenvalue weighted by Crippen LogP contribution is -2.47. The van der Waals surface area contributed by atoms with Crippen LogP contribution in [0.15, 0.2) is 24.3 Å². The molecular formula is C21H29N3O6. The minimum absolute atomic E-state index is 0.0132. The van der Waals surface area contributed by atoms with Crippen molar-refractivity contribution in [3.8, 4) is 0 Å². The fraction of sp³-hybridized carbons (Fsp3) is 0.524. The number of esters is 1. The van der Waals surface area contributed by atoms with Crippen molar-refractivity contribution in [1.29, 1.82) is 0 Å². The van der Waals surface area contributed by atoms with Crippen LogP contribution in [0.2, 0.25) is 0 Å². The largest absolute Gasteiger partial charge is 0.466 e. The highest BCUT2D eigenvalue weighted by Crippen LogP contribution is 2.35. The molecule has 1 aromatic carbocycles. The summed E-state index contributed by atoms with van der Waals surface area (Å²) in [5.74, 6) is -0.256. The zero-order chi connectivity index (χ0) is 22.4. The number of anilines is 1. The highest BCUT2D eigenvalue weighted by atomic mass is 16.6. The second-order valence-electron chi connectivity index (χ2n) is 7.86. The maximum Gasteiger partial charge on any atom is 0.407 e. The molecule has 0 atom stereocenters. The third kappa shape index (κ3) is 5.71. The van der Waals surface area contributed by atoms with E-state index in [1.807, 2.05) is 18.7 Å². The molecule has 0 aromatic heterocycles. The van der Waals surface area contributed by atoms with Crippen molar-refractivity contribution >= 4 is 29.0 Å². The second-order valence-corrected chi connectivity index (χ2v) is 7.86. The normalized spacial score (nSPS) is 15.2. The molecule has 30 heavy (non-hydrogen) atoms. The average molecular weight is 419 g/mol. The Morgan fingerprint density at radius 2 is 2.00 bits per heavy atom. The smallest absolute Gasteiger partial charge is 0.407 e. The Hall–Kier alpha value is -3.10. The SMILES string of the molecule is COC(=O)C=C(C)c1ccc(N(CC(C)C)C2CCN(C(=O)O)CC2)c([N+](=O)[O-])c1. The molecule has 0 unspecified atom stereocenters. The zero-order valence-corrected chi connectivity index (χ0v) is 17.8. The van der Waals surface area contributed by atoms with Gasteiger partial charge in [0, 0.05) is 37.8 Å². The standard InChI is InChI=1S/C21H29N3O6/c1-14(2)13-23(17-7-9-22(10-8-17)21(26)27)18-6-5-16(12-19(18)24(28)29)15(3)11-20(25)30-4/h5-6,11-12,14,17H,7-10,13H2,1-4H3,(H,26,27). The highest BCUT2D eigenvalue weighted by Gasteiger charge is 2.31. The van der Waals surface area contributed by atoms with Gasteiger partial charge in [-0.1, -0.05) is 19.9 Å². The fourth-order valence-electron chi connectivity index (χ4n) is 3.68. The van der Waals surface area contributed by atoms with Gasteiger partial charge < -0.3 is 19.6 Å². The number of carbonyl (C=O) groups is 2. The van der Waals surface area contributed by atoms with Crippen molar-refractivity contribution < 1.29 is 24.4 Å². The van der Waals surface area contributed by atoms with Crippen molar-refractivity contribution in [3.63, 3.8) is 0 Å². The van der Waals surface area contributed by atoms with Crippen LogP contribution in [0, 0.1) is 16.0 Å². The van der Waals surface area contributed by atoms with Crippen LogP contribution in [-0.4, -0.2) is 59.8 Å². The Morgan fingerprint density at radius 3 is 2.50 bits per heavy atom. The molecule has 2 rings (SSSR count). The molecule has 1 saturated heterocycles. The van der Waals surface area contributed by atoms with E-state index in [1.165, 1.54) is 24.2 Å². The number of piperidine rings is 1. The number of likely N-dealkylation sites (tertiary alicyclic amines) is 1. The van der Waals surface area contributed by atoms with E-state index in [-0.39, 0.29) is 17.6 Å². The summed E-state index contributed by atoms with van der Waals surface area (Å²) in [7, 11) is 1.27. The molecule has 0 bridgehead atoms. The minimum Gasteiger partial charge on any atom is -0.466 e. The first-order chi connectivity index (χ1) is 14.1. The predicted octanol–water partition coefficient (Wildman–Crippen LogP) is 3.78. The van der Waals surface area contributed by atoms with Gasteiger partial charge in [0.1, 0.15) is 5.69 Å². The molecule has 1 N–H and O–H groups in total. The van der Waals surface area contributed by atoms with Gasteiger partial charge in [0.25, 0.3) is 5.69 Å². The first-order valence-corrected chi connectivity index (χ1v) is 9.93. The molecule has 164 valence electrons. The van der Waals surface area contributed by atoms with E-state index in [9.17, 15) is 24.8 Å². The Kier molecular flexibility index (Phi) is 7.79. The second kappa shape index (κ2) is 10.1. The zero-order valence-electron chi connectivity index (χ0n) is 17.8. The van der Waals surface area contributed by atoms with Gasteiger partial charge in [-0.25, -0.2) is 9.59 Å². The average Bonchev–Trinajstić information content (AvgIpc) is 2.71. The number of nitro groups is 1. The van der Waals surface area contributed by atoms with E-state index < -0.39 is 17.0 Å². The molecule has 0 spiro atoms. The van der Waals surface area contributed by atoms with Crippen LogP contribution >= 0.6 is 0 Å². The number of nitro benzene ring substituents is 1. The van der Waals surface area contributed by atoms with Crippen LogP contribution in [0.25, 0.3) is 5.57 Å². The molecule has 0 radical (unpaired) electrons. The molecule has 0 aliphatic carbocycles. The highest BCUT2D eigenvalue weighted by molar-refractivity contribution is 5.91. The van der Waals surface area contributed by atoms with Crippen LogP contribution in [0.4, 0.5) is 16.2 Å². The third-order valence-electron chi connectivity index (χ3n) is 5.21. The van der Waals surface area contributed by atoms with Crippen LogP contribution in [0.1, 0.15) is 39.2 Å². The van der Waals surface area contributed by atoms with E-state index >= 15 is 0 Å². The first-order valence-electron chi connectivity index (χ1n) is 9.93. The van der Waals surface area contributed by atoms with Crippen molar-refractivity contribution in [1.82, 2.24) is 4.90 Å². The fourth-order valence-corrected chi connectivity index (χ4v) is 3.68. The third-order valence-corrected chi connectivity index (χ3v) is 5.21. The Labute approximate surface area is 176 Å². The van der Waals surface area contributed by atoms with Gasteiger partial charge in [0.05, 0.1) is 12.0 Å². The molecular weight excluding hydrogens is 390 g/mol. The number of hydrogen-bond donors (Lipinski definition) is 1. The molecule has 9 heteroatoms. The van der Waals surface area contributed by atoms with Gasteiger partial charge >= 0.3 is 12.1 Å². The van der Waals surface area contributed by atoms with Gasteiger partial charge in [-0.2, -0.15) is 0 Å². The van der Waals surface area contributed by atoms with E-state index in [4.69, 9.17) is 0 Å². The van der Waals surface area contributed by atoms with Gasteiger partial charge in [-0.15, -0.1) is 0 Å². The predicted molar refractivity (Wildman–Crippen MR) is 114 cm³/mol. The summed E-state index contributed by atoms with van der Waals surface area (Å²) in [6, 6.07) is 4.97. The number of allylic oxidation sites excluding steroid dienone is 1. The van der Waals surface area contributed by atoms with Gasteiger partial charge in [0.2, 0.25) is 0 Å². The van der Waals surface area contributed by atoms with E-state index in [2.05, 4.69) is 4.74 Å². The van der Waals surface area contributed by atoms with Gasteiger partial charge in [0.15, 0.2) is 0 Å². The molecule has 1 fully saturated rings. The lowest BCUT2D eigenvalue weighted by atomic mass is 9.99. The number of benzene rings is 1. The molecule has 1 aromatic rings. The summed E-state index contributed by atoms with van der Waals surface area (Å²) in [5.41, 5.74) is 1.62. The van der Waals surface area contributed by atoms with Crippen molar-refractivity contribution in [2.75, 3.05) is 31.6 Å². The lowest BCUT2D eigenvalue weighted by Gasteiger charge is -2.39. The molecule has 1 aliphatic heterocycles. The molecule has 9 nitrogen and oxygen atoms in total. The van der Waals surface area contributed by atoms with E-state index in [0.717, 1.165) is 0 Å². The van der Waals surface area contributed by atoms with E-state index in [0.29, 0.717) is 49.3 Å². The van der Waals surface area contributed by atoms with Crippen molar-refractivity contribution in [3.05, 3.63) is 40.0 Å². The monoisotopic (exact) mass is 419 g/mol. The quantitative estimate of drug-likeness (QED) is 0.310. The number of hydrogen-bond acceptors (Lipinski definition) is 6.